The van der Waals surface area contributed by atoms with Gasteiger partial charge in [0.25, 0.3) is 0 Å². The quantitative estimate of drug-likeness (QED) is 0.636. The van der Waals surface area contributed by atoms with Crippen LogP contribution in [0, 0.1) is 6.20 Å². The van der Waals surface area contributed by atoms with Gasteiger partial charge in [-0.2, -0.15) is 14.6 Å². The van der Waals surface area contributed by atoms with E-state index in [0.717, 1.165) is 11.3 Å². The highest BCUT2D eigenvalue weighted by Gasteiger charge is 1.98. The van der Waals surface area contributed by atoms with E-state index in [0.29, 0.717) is 0 Å². The molecule has 0 aliphatic carbocycles. The molecule has 0 aliphatic rings. The highest BCUT2D eigenvalue weighted by molar-refractivity contribution is 7.03. The first-order valence-electron chi connectivity index (χ1n) is 3.07. The molecule has 11 heavy (non-hydrogen) atoms. The molecule has 53 valence electrons. The molecule has 2 heterocycles. The third-order valence-electron chi connectivity index (χ3n) is 1.24. The molecule has 0 unspecified atom stereocenters. The van der Waals surface area contributed by atoms with Crippen LogP contribution in [0.2, 0.25) is 0 Å². The van der Waals surface area contributed by atoms with Crippen molar-refractivity contribution in [2.24, 2.45) is 0 Å². The van der Waals surface area contributed by atoms with Crippen molar-refractivity contribution in [2.45, 2.75) is 0 Å². The summed E-state index contributed by atoms with van der Waals surface area (Å²) in [4.78, 5) is 0. The Bertz CT molecular complexity index is 317. The van der Waals surface area contributed by atoms with Crippen LogP contribution in [0.15, 0.2) is 23.7 Å². The topological polar surface area (TPSA) is 38.7 Å². The average molecular weight is 162 g/mol. The Morgan fingerprint density at radius 1 is 1.45 bits per heavy atom. The Morgan fingerprint density at radius 2 is 2.45 bits per heavy atom. The Balaban J connectivity index is 2.46. The van der Waals surface area contributed by atoms with Gasteiger partial charge in [-0.15, -0.1) is 0 Å². The van der Waals surface area contributed by atoms with E-state index in [1.54, 1.807) is 6.20 Å². The molecule has 0 saturated heterocycles. The van der Waals surface area contributed by atoms with Crippen molar-refractivity contribution in [3.63, 3.8) is 0 Å². The Labute approximate surface area is 67.9 Å². The molecule has 0 bridgehead atoms. The monoisotopic (exact) mass is 162 g/mol. The smallest absolute Gasteiger partial charge is 0.114 e. The van der Waals surface area contributed by atoms with Gasteiger partial charge in [-0.25, -0.2) is 0 Å². The maximum atomic E-state index is 3.91. The number of nitrogens with zero attached hydrogens (tertiary/aromatic N) is 3. The van der Waals surface area contributed by atoms with Gasteiger partial charge in [0.2, 0.25) is 0 Å². The van der Waals surface area contributed by atoms with Gasteiger partial charge in [0.15, 0.2) is 0 Å². The normalized spacial score (nSPS) is 9.82. The predicted octanol–water partition coefficient (Wildman–Crippen LogP) is 1.40. The van der Waals surface area contributed by atoms with Crippen molar-refractivity contribution in [1.29, 1.82) is 0 Å². The summed E-state index contributed by atoms with van der Waals surface area (Å²) in [5.74, 6) is 0. The van der Waals surface area contributed by atoms with E-state index in [4.69, 9.17) is 0 Å². The minimum Gasteiger partial charge on any atom is -0.190 e. The number of aromatic nitrogens is 3. The van der Waals surface area contributed by atoms with Crippen LogP contribution in [0.1, 0.15) is 0 Å². The Morgan fingerprint density at radius 3 is 3.09 bits per heavy atom. The fourth-order valence-corrected chi connectivity index (χ4v) is 1.23. The fourth-order valence-electron chi connectivity index (χ4n) is 0.744. The van der Waals surface area contributed by atoms with Crippen molar-refractivity contribution in [3.8, 4) is 11.3 Å². The van der Waals surface area contributed by atoms with Gasteiger partial charge in [0.1, 0.15) is 6.20 Å². The second-order valence-electron chi connectivity index (χ2n) is 1.95. The zero-order valence-corrected chi connectivity index (χ0v) is 6.38. The first-order chi connectivity index (χ1) is 5.47. The lowest BCUT2D eigenvalue weighted by Gasteiger charge is -1.89. The second kappa shape index (κ2) is 2.75. The van der Waals surface area contributed by atoms with E-state index in [2.05, 4.69) is 20.8 Å². The zero-order valence-electron chi connectivity index (χ0n) is 5.56. The van der Waals surface area contributed by atoms with Gasteiger partial charge in [0, 0.05) is 17.1 Å². The van der Waals surface area contributed by atoms with Crippen molar-refractivity contribution in [1.82, 2.24) is 14.6 Å². The SMILES string of the molecule is [c]1nscc1-c1cccnn1. The first-order valence-corrected chi connectivity index (χ1v) is 3.90. The van der Waals surface area contributed by atoms with Crippen molar-refractivity contribution >= 4 is 11.5 Å². The Kier molecular flexibility index (Phi) is 1.61. The molecule has 0 N–H and O–H groups in total. The third-order valence-corrected chi connectivity index (χ3v) is 1.78. The summed E-state index contributed by atoms with van der Waals surface area (Å²) in [6.45, 7) is 0. The van der Waals surface area contributed by atoms with Crippen LogP contribution in [0.3, 0.4) is 0 Å². The molecule has 0 atom stereocenters. The maximum absolute atomic E-state index is 3.91. The summed E-state index contributed by atoms with van der Waals surface area (Å²) in [6, 6.07) is 3.72. The third kappa shape index (κ3) is 1.25. The second-order valence-corrected chi connectivity index (χ2v) is 2.58. The molecule has 2 aromatic rings. The molecule has 0 aliphatic heterocycles. The van der Waals surface area contributed by atoms with Crippen molar-refractivity contribution in [3.05, 3.63) is 29.9 Å². The largest absolute Gasteiger partial charge is 0.190 e. The van der Waals surface area contributed by atoms with Crippen molar-refractivity contribution < 1.29 is 0 Å². The highest BCUT2D eigenvalue weighted by atomic mass is 32.1. The van der Waals surface area contributed by atoms with E-state index in [-0.39, 0.29) is 0 Å². The summed E-state index contributed by atoms with van der Waals surface area (Å²) >= 11 is 1.36. The van der Waals surface area contributed by atoms with E-state index in [1.165, 1.54) is 11.5 Å². The summed E-state index contributed by atoms with van der Waals surface area (Å²) in [7, 11) is 0. The summed E-state index contributed by atoms with van der Waals surface area (Å²) in [5.41, 5.74) is 1.73. The fraction of sp³-hybridized carbons (Fsp3) is 0. The van der Waals surface area contributed by atoms with Crippen LogP contribution in [0.25, 0.3) is 11.3 Å². The molecule has 0 saturated carbocycles. The summed E-state index contributed by atoms with van der Waals surface area (Å²) in [5, 5.41) is 9.55. The molecule has 3 nitrogen and oxygen atoms in total. The molecule has 0 fully saturated rings. The average Bonchev–Trinajstić information content (AvgIpc) is 2.58. The van der Waals surface area contributed by atoms with Crippen LogP contribution >= 0.6 is 11.5 Å². The molecule has 2 aromatic heterocycles. The lowest BCUT2D eigenvalue weighted by Crippen LogP contribution is -1.82. The molecule has 0 aromatic carbocycles. The molecule has 1 radical (unpaired) electrons. The first kappa shape index (κ1) is 6.42. The molecule has 0 spiro atoms. The molecule has 0 amide bonds. The Hall–Kier alpha value is -1.29. The molecule has 2 rings (SSSR count). The number of hydrogen-bond acceptors (Lipinski definition) is 4. The van der Waals surface area contributed by atoms with E-state index in [1.807, 2.05) is 17.5 Å². The van der Waals surface area contributed by atoms with E-state index < -0.39 is 0 Å². The van der Waals surface area contributed by atoms with Gasteiger partial charge in [-0.1, -0.05) is 0 Å². The van der Waals surface area contributed by atoms with E-state index >= 15 is 0 Å². The van der Waals surface area contributed by atoms with Crippen molar-refractivity contribution in [2.75, 3.05) is 0 Å². The van der Waals surface area contributed by atoms with Crippen LogP contribution < -0.4 is 0 Å². The minimum atomic E-state index is 0.821. The number of rotatable bonds is 1. The van der Waals surface area contributed by atoms with Gasteiger partial charge < -0.3 is 0 Å². The standard InChI is InChI=1S/C7H4N3S/c1-2-7(10-8-3-1)6-4-9-11-5-6/h1-3,5H. The lowest BCUT2D eigenvalue weighted by molar-refractivity contribution is 1.04. The summed E-state index contributed by atoms with van der Waals surface area (Å²) in [6.07, 6.45) is 4.46. The minimum absolute atomic E-state index is 0.821. The van der Waals surface area contributed by atoms with Gasteiger partial charge in [-0.05, 0) is 23.7 Å². The van der Waals surface area contributed by atoms with Crippen LogP contribution in [0.5, 0.6) is 0 Å². The van der Waals surface area contributed by atoms with Gasteiger partial charge in [0.05, 0.1) is 5.69 Å². The maximum Gasteiger partial charge on any atom is 0.114 e. The number of hydrogen-bond donors (Lipinski definition) is 0. The summed E-state index contributed by atoms with van der Waals surface area (Å²) < 4.78 is 3.85. The van der Waals surface area contributed by atoms with Crippen LogP contribution in [-0.4, -0.2) is 14.6 Å². The highest BCUT2D eigenvalue weighted by Crippen LogP contribution is 2.14. The molecular weight excluding hydrogens is 158 g/mol. The van der Waals surface area contributed by atoms with Crippen LogP contribution in [-0.2, 0) is 0 Å². The van der Waals surface area contributed by atoms with E-state index in [9.17, 15) is 0 Å². The molecular formula is C7H4N3S. The zero-order chi connectivity index (χ0) is 7.52. The van der Waals surface area contributed by atoms with Gasteiger partial charge >= 0.3 is 0 Å². The molecule has 4 heteroatoms. The predicted molar refractivity (Wildman–Crippen MR) is 42.0 cm³/mol. The van der Waals surface area contributed by atoms with Gasteiger partial charge in [-0.3, -0.25) is 0 Å². The van der Waals surface area contributed by atoms with Crippen LogP contribution in [0.4, 0.5) is 0 Å². The lowest BCUT2D eigenvalue weighted by atomic mass is 10.2.